The maximum Gasteiger partial charge on any atom is 0.407 e. The van der Waals surface area contributed by atoms with Gasteiger partial charge in [-0.3, -0.25) is 4.79 Å². The number of aliphatic carboxylic acids is 1. The Morgan fingerprint density at radius 1 is 1.33 bits per heavy atom. The van der Waals surface area contributed by atoms with Gasteiger partial charge in [0, 0.05) is 6.04 Å². The van der Waals surface area contributed by atoms with Crippen molar-refractivity contribution >= 4 is 12.1 Å². The summed E-state index contributed by atoms with van der Waals surface area (Å²) < 4.78 is 5.14. The van der Waals surface area contributed by atoms with Crippen LogP contribution in [0.3, 0.4) is 0 Å². The van der Waals surface area contributed by atoms with Crippen LogP contribution in [-0.2, 0) is 9.53 Å². The first-order chi connectivity index (χ1) is 8.15. The molecule has 106 valence electrons. The van der Waals surface area contributed by atoms with Crippen molar-refractivity contribution in [3.05, 3.63) is 0 Å². The molecule has 0 bridgehead atoms. The molecule has 0 aromatic rings. The standard InChI is InChI=1S/C13H25NO4/c1-6-7-9(2)10(8-11(15)16)14-12(17)18-13(3,4)5/h9-10H,6-8H2,1-5H3,(H,14,17)(H,15,16)/t9-,10-/m0/s1. The predicted octanol–water partition coefficient (Wildman–Crippen LogP) is 2.79. The summed E-state index contributed by atoms with van der Waals surface area (Å²) in [7, 11) is 0. The Kier molecular flexibility index (Phi) is 6.73. The van der Waals surface area contributed by atoms with Gasteiger partial charge in [-0.25, -0.2) is 4.79 Å². The number of amides is 1. The average molecular weight is 259 g/mol. The van der Waals surface area contributed by atoms with Crippen molar-refractivity contribution in [2.75, 3.05) is 0 Å². The van der Waals surface area contributed by atoms with E-state index in [4.69, 9.17) is 9.84 Å². The number of ether oxygens (including phenoxy) is 1. The van der Waals surface area contributed by atoms with Gasteiger partial charge in [-0.05, 0) is 33.1 Å². The van der Waals surface area contributed by atoms with Gasteiger partial charge in [0.25, 0.3) is 0 Å². The van der Waals surface area contributed by atoms with E-state index < -0.39 is 23.7 Å². The van der Waals surface area contributed by atoms with Gasteiger partial charge in [0.15, 0.2) is 0 Å². The van der Waals surface area contributed by atoms with Crippen LogP contribution < -0.4 is 5.32 Å². The molecule has 5 heteroatoms. The SMILES string of the molecule is CCC[C@H](C)[C@H](CC(=O)O)NC(=O)OC(C)(C)C. The molecule has 0 aromatic heterocycles. The highest BCUT2D eigenvalue weighted by Crippen LogP contribution is 2.15. The van der Waals surface area contributed by atoms with Gasteiger partial charge >= 0.3 is 12.1 Å². The number of rotatable bonds is 6. The molecule has 0 saturated heterocycles. The second-order valence-corrected chi connectivity index (χ2v) is 5.62. The molecule has 18 heavy (non-hydrogen) atoms. The highest BCUT2D eigenvalue weighted by atomic mass is 16.6. The largest absolute Gasteiger partial charge is 0.481 e. The maximum absolute atomic E-state index is 11.6. The Labute approximate surface area is 109 Å². The van der Waals surface area contributed by atoms with Crippen molar-refractivity contribution in [1.29, 1.82) is 0 Å². The number of nitrogens with one attached hydrogen (secondary N) is 1. The molecular formula is C13H25NO4. The van der Waals surface area contributed by atoms with E-state index in [1.807, 2.05) is 13.8 Å². The van der Waals surface area contributed by atoms with Crippen molar-refractivity contribution < 1.29 is 19.4 Å². The Bertz CT molecular complexity index is 283. The summed E-state index contributed by atoms with van der Waals surface area (Å²) in [5.41, 5.74) is -0.578. The molecule has 0 aromatic carbocycles. The first kappa shape index (κ1) is 16.7. The van der Waals surface area contributed by atoms with Gasteiger partial charge < -0.3 is 15.2 Å². The number of hydrogen-bond donors (Lipinski definition) is 2. The fraction of sp³-hybridized carbons (Fsp3) is 0.846. The van der Waals surface area contributed by atoms with E-state index in [0.717, 1.165) is 12.8 Å². The maximum atomic E-state index is 11.6. The zero-order chi connectivity index (χ0) is 14.3. The quantitative estimate of drug-likeness (QED) is 0.769. The third-order valence-corrected chi connectivity index (χ3v) is 2.53. The first-order valence-corrected chi connectivity index (χ1v) is 6.37. The summed E-state index contributed by atoms with van der Waals surface area (Å²) in [6.45, 7) is 9.28. The molecule has 0 radical (unpaired) electrons. The number of carbonyl (C=O) groups excluding carboxylic acids is 1. The van der Waals surface area contributed by atoms with Gasteiger partial charge in [-0.15, -0.1) is 0 Å². The molecular weight excluding hydrogens is 234 g/mol. The van der Waals surface area contributed by atoms with Gasteiger partial charge in [0.05, 0.1) is 6.42 Å². The fourth-order valence-electron chi connectivity index (χ4n) is 1.70. The molecule has 0 fully saturated rings. The molecule has 0 spiro atoms. The van der Waals surface area contributed by atoms with Gasteiger partial charge in [0.1, 0.15) is 5.60 Å². The number of carboxylic acid groups (broad SMARTS) is 1. The van der Waals surface area contributed by atoms with Crippen molar-refractivity contribution in [2.24, 2.45) is 5.92 Å². The summed E-state index contributed by atoms with van der Waals surface area (Å²) in [5, 5.41) is 11.5. The van der Waals surface area contributed by atoms with E-state index in [2.05, 4.69) is 5.32 Å². The molecule has 0 aliphatic carbocycles. The van der Waals surface area contributed by atoms with Gasteiger partial charge in [0.2, 0.25) is 0 Å². The lowest BCUT2D eigenvalue weighted by Gasteiger charge is -2.26. The third-order valence-electron chi connectivity index (χ3n) is 2.53. The zero-order valence-corrected chi connectivity index (χ0v) is 11.9. The van der Waals surface area contributed by atoms with Crippen LogP contribution >= 0.6 is 0 Å². The van der Waals surface area contributed by atoms with E-state index in [0.29, 0.717) is 0 Å². The number of carbonyl (C=O) groups is 2. The molecule has 0 rings (SSSR count). The van der Waals surface area contributed by atoms with E-state index >= 15 is 0 Å². The van der Waals surface area contributed by atoms with Crippen LogP contribution in [0.1, 0.15) is 53.9 Å². The molecule has 0 unspecified atom stereocenters. The molecule has 1 amide bonds. The second-order valence-electron chi connectivity index (χ2n) is 5.62. The summed E-state index contributed by atoms with van der Waals surface area (Å²) in [4.78, 5) is 22.4. The van der Waals surface area contributed by atoms with E-state index in [1.165, 1.54) is 0 Å². The van der Waals surface area contributed by atoms with E-state index in [9.17, 15) is 9.59 Å². The van der Waals surface area contributed by atoms with E-state index in [-0.39, 0.29) is 12.3 Å². The smallest absolute Gasteiger partial charge is 0.407 e. The first-order valence-electron chi connectivity index (χ1n) is 6.37. The Morgan fingerprint density at radius 3 is 2.28 bits per heavy atom. The lowest BCUT2D eigenvalue weighted by atomic mass is 9.94. The van der Waals surface area contributed by atoms with Crippen molar-refractivity contribution in [3.63, 3.8) is 0 Å². The lowest BCUT2D eigenvalue weighted by molar-refractivity contribution is -0.137. The van der Waals surface area contributed by atoms with Crippen molar-refractivity contribution in [3.8, 4) is 0 Å². The van der Waals surface area contributed by atoms with Crippen molar-refractivity contribution in [1.82, 2.24) is 5.32 Å². The highest BCUT2D eigenvalue weighted by Gasteiger charge is 2.24. The zero-order valence-electron chi connectivity index (χ0n) is 11.9. The average Bonchev–Trinajstić information content (AvgIpc) is 2.13. The summed E-state index contributed by atoms with van der Waals surface area (Å²) in [6.07, 6.45) is 1.18. The third kappa shape index (κ3) is 7.92. The topological polar surface area (TPSA) is 75.6 Å². The van der Waals surface area contributed by atoms with Crippen LogP contribution in [0.2, 0.25) is 0 Å². The second kappa shape index (κ2) is 7.24. The molecule has 0 aliphatic heterocycles. The van der Waals surface area contributed by atoms with Gasteiger partial charge in [-0.1, -0.05) is 20.3 Å². The van der Waals surface area contributed by atoms with Crippen LogP contribution in [0.5, 0.6) is 0 Å². The Morgan fingerprint density at radius 2 is 1.89 bits per heavy atom. The Hall–Kier alpha value is -1.26. The fourth-order valence-corrected chi connectivity index (χ4v) is 1.70. The Balaban J connectivity index is 4.48. The van der Waals surface area contributed by atoms with Crippen LogP contribution in [0.15, 0.2) is 0 Å². The minimum Gasteiger partial charge on any atom is -0.481 e. The molecule has 0 saturated carbocycles. The molecule has 2 atom stereocenters. The molecule has 0 aliphatic rings. The van der Waals surface area contributed by atoms with Crippen LogP contribution in [0.25, 0.3) is 0 Å². The summed E-state index contributed by atoms with van der Waals surface area (Å²) in [6, 6.07) is -0.391. The van der Waals surface area contributed by atoms with Crippen LogP contribution in [0.4, 0.5) is 4.79 Å². The highest BCUT2D eigenvalue weighted by molar-refractivity contribution is 5.71. The summed E-state index contributed by atoms with van der Waals surface area (Å²) >= 11 is 0. The summed E-state index contributed by atoms with van der Waals surface area (Å²) in [5.74, 6) is -0.808. The predicted molar refractivity (Wildman–Crippen MR) is 69.5 cm³/mol. The number of hydrogen-bond acceptors (Lipinski definition) is 3. The number of carboxylic acids is 1. The van der Waals surface area contributed by atoms with Gasteiger partial charge in [-0.2, -0.15) is 0 Å². The minimum absolute atomic E-state index is 0.0829. The van der Waals surface area contributed by atoms with Crippen molar-refractivity contribution in [2.45, 2.75) is 65.5 Å². The van der Waals surface area contributed by atoms with E-state index in [1.54, 1.807) is 20.8 Å². The molecule has 2 N–H and O–H groups in total. The number of alkyl carbamates (subject to hydrolysis) is 1. The van der Waals surface area contributed by atoms with Crippen LogP contribution in [0, 0.1) is 5.92 Å². The minimum atomic E-state index is -0.918. The monoisotopic (exact) mass is 259 g/mol. The molecule has 0 heterocycles. The lowest BCUT2D eigenvalue weighted by Crippen LogP contribution is -2.43. The molecule has 5 nitrogen and oxygen atoms in total. The normalized spacial score (nSPS) is 14.7. The van der Waals surface area contributed by atoms with Crippen LogP contribution in [-0.4, -0.2) is 28.8 Å².